The number of thiol groups is 1. The molecule has 2 N–H and O–H groups in total. The largest absolute Gasteiger partial charge is 0.447 e. The van der Waals surface area contributed by atoms with Crippen molar-refractivity contribution in [2.75, 3.05) is 32.1 Å². The lowest BCUT2D eigenvalue weighted by Crippen LogP contribution is -2.46. The molecule has 0 unspecified atom stereocenters. The van der Waals surface area contributed by atoms with Gasteiger partial charge in [-0.15, -0.1) is 0 Å². The van der Waals surface area contributed by atoms with Crippen LogP contribution in [0.3, 0.4) is 0 Å². The van der Waals surface area contributed by atoms with E-state index in [1.54, 1.807) is 17.4 Å². The Hall–Kier alpha value is -2.32. The highest BCUT2D eigenvalue weighted by Crippen LogP contribution is 2.20. The average molecular weight is 432 g/mol. The summed E-state index contributed by atoms with van der Waals surface area (Å²) >= 11 is 3.53. The van der Waals surface area contributed by atoms with Crippen LogP contribution < -0.4 is 5.73 Å². The first-order valence-corrected chi connectivity index (χ1v) is 11.1. The van der Waals surface area contributed by atoms with E-state index in [0.717, 1.165) is 55.1 Å². The lowest BCUT2D eigenvalue weighted by Gasteiger charge is -2.36. The maximum atomic E-state index is 12.0. The van der Waals surface area contributed by atoms with Crippen molar-refractivity contribution in [3.8, 4) is 11.3 Å². The number of amides is 1. The van der Waals surface area contributed by atoms with Gasteiger partial charge in [0.15, 0.2) is 0 Å². The van der Waals surface area contributed by atoms with E-state index in [0.29, 0.717) is 6.04 Å². The summed E-state index contributed by atoms with van der Waals surface area (Å²) < 4.78 is 5.28. The van der Waals surface area contributed by atoms with Crippen molar-refractivity contribution in [2.24, 2.45) is 0 Å². The number of aromatic nitrogens is 2. The van der Waals surface area contributed by atoms with Crippen molar-refractivity contribution < 1.29 is 9.53 Å². The molecular formula is C22H33N5O2S. The maximum Gasteiger partial charge on any atom is 0.410 e. The van der Waals surface area contributed by atoms with Gasteiger partial charge in [0.05, 0.1) is 29.9 Å². The Kier molecular flexibility index (Phi) is 9.39. The molecule has 7 nitrogen and oxygen atoms in total. The first kappa shape index (κ1) is 24.0. The van der Waals surface area contributed by atoms with Gasteiger partial charge in [-0.1, -0.05) is 12.1 Å². The molecule has 0 spiro atoms. The molecule has 8 heteroatoms. The molecule has 3 rings (SSSR count). The van der Waals surface area contributed by atoms with Crippen LogP contribution in [-0.4, -0.2) is 64.4 Å². The third-order valence-corrected chi connectivity index (χ3v) is 5.01. The molecule has 1 fully saturated rings. The third kappa shape index (κ3) is 6.88. The maximum absolute atomic E-state index is 12.0. The zero-order valence-electron chi connectivity index (χ0n) is 18.3. The molecule has 1 aliphatic heterocycles. The SMILES string of the molecule is CC(C)OC(=O)N1CCC(N(C)Cc2cnc(-c3ccc(N)cc3)cn2)CC1.CS. The van der Waals surface area contributed by atoms with Crippen molar-refractivity contribution in [1.29, 1.82) is 0 Å². The van der Waals surface area contributed by atoms with Gasteiger partial charge >= 0.3 is 6.09 Å². The summed E-state index contributed by atoms with van der Waals surface area (Å²) in [6.45, 7) is 5.93. The topological polar surface area (TPSA) is 84.6 Å². The van der Waals surface area contributed by atoms with Crippen LogP contribution in [0, 0.1) is 0 Å². The fourth-order valence-electron chi connectivity index (χ4n) is 3.39. The molecule has 164 valence electrons. The monoisotopic (exact) mass is 431 g/mol. The normalized spacial score (nSPS) is 14.4. The van der Waals surface area contributed by atoms with E-state index in [9.17, 15) is 4.79 Å². The molecule has 1 aromatic heterocycles. The van der Waals surface area contributed by atoms with Crippen molar-refractivity contribution in [3.63, 3.8) is 0 Å². The van der Waals surface area contributed by atoms with E-state index in [1.807, 2.05) is 44.3 Å². The highest BCUT2D eigenvalue weighted by Gasteiger charge is 2.26. The van der Waals surface area contributed by atoms with E-state index in [2.05, 4.69) is 34.5 Å². The van der Waals surface area contributed by atoms with Crippen molar-refractivity contribution in [1.82, 2.24) is 19.8 Å². The zero-order chi connectivity index (χ0) is 22.1. The Morgan fingerprint density at radius 2 is 1.83 bits per heavy atom. The molecule has 1 amide bonds. The number of nitrogen functional groups attached to an aromatic ring is 1. The number of anilines is 1. The Morgan fingerprint density at radius 3 is 2.37 bits per heavy atom. The number of carbonyl (C=O) groups is 1. The number of hydrogen-bond acceptors (Lipinski definition) is 7. The van der Waals surface area contributed by atoms with E-state index >= 15 is 0 Å². The van der Waals surface area contributed by atoms with Crippen LogP contribution >= 0.6 is 12.6 Å². The number of piperidine rings is 1. The van der Waals surface area contributed by atoms with Gasteiger partial charge in [-0.2, -0.15) is 12.6 Å². The Bertz CT molecular complexity index is 775. The minimum absolute atomic E-state index is 0.0808. The summed E-state index contributed by atoms with van der Waals surface area (Å²) in [5.41, 5.74) is 9.24. The molecule has 1 saturated heterocycles. The number of benzene rings is 1. The second-order valence-corrected chi connectivity index (χ2v) is 7.58. The summed E-state index contributed by atoms with van der Waals surface area (Å²) in [6.07, 6.45) is 6.90. The number of carbonyl (C=O) groups excluding carboxylic acids is 1. The standard InChI is InChI=1S/C21H29N5O2.CH4S/c1-15(2)28-21(27)26-10-8-19(9-11-26)25(3)14-18-12-24-20(13-23-18)16-4-6-17(22)7-5-16;1-2/h4-7,12-13,15,19H,8-11,14,22H2,1-3H3;2H,1H3. The molecule has 30 heavy (non-hydrogen) atoms. The van der Waals surface area contributed by atoms with Crippen LogP contribution in [0.5, 0.6) is 0 Å². The number of hydrogen-bond donors (Lipinski definition) is 2. The Morgan fingerprint density at radius 1 is 1.20 bits per heavy atom. The summed E-state index contributed by atoms with van der Waals surface area (Å²) in [4.78, 5) is 25.2. The van der Waals surface area contributed by atoms with Crippen LogP contribution in [0.1, 0.15) is 32.4 Å². The number of rotatable bonds is 5. The second kappa shape index (κ2) is 11.8. The van der Waals surface area contributed by atoms with Gasteiger partial charge in [0, 0.05) is 36.9 Å². The molecule has 0 bridgehead atoms. The fourth-order valence-corrected chi connectivity index (χ4v) is 3.39. The van der Waals surface area contributed by atoms with Crippen LogP contribution in [0.25, 0.3) is 11.3 Å². The summed E-state index contributed by atoms with van der Waals surface area (Å²) in [6, 6.07) is 8.04. The summed E-state index contributed by atoms with van der Waals surface area (Å²) in [5.74, 6) is 0. The van der Waals surface area contributed by atoms with Gasteiger partial charge in [-0.25, -0.2) is 4.79 Å². The van der Waals surface area contributed by atoms with Crippen molar-refractivity contribution >= 4 is 24.4 Å². The van der Waals surface area contributed by atoms with Gasteiger partial charge in [0.1, 0.15) is 0 Å². The van der Waals surface area contributed by atoms with Gasteiger partial charge < -0.3 is 15.4 Å². The van der Waals surface area contributed by atoms with E-state index < -0.39 is 0 Å². The fraction of sp³-hybridized carbons (Fsp3) is 0.500. The van der Waals surface area contributed by atoms with E-state index in [-0.39, 0.29) is 12.2 Å². The predicted octanol–water partition coefficient (Wildman–Crippen LogP) is 3.71. The lowest BCUT2D eigenvalue weighted by atomic mass is 10.0. The molecule has 2 heterocycles. The molecule has 0 radical (unpaired) electrons. The van der Waals surface area contributed by atoms with E-state index in [1.165, 1.54) is 0 Å². The molecule has 0 aliphatic carbocycles. The summed E-state index contributed by atoms with van der Waals surface area (Å²) in [7, 11) is 2.10. The first-order valence-electron chi connectivity index (χ1n) is 10.2. The van der Waals surface area contributed by atoms with Crippen LogP contribution in [-0.2, 0) is 11.3 Å². The van der Waals surface area contributed by atoms with Crippen molar-refractivity contribution in [3.05, 3.63) is 42.4 Å². The molecule has 0 saturated carbocycles. The van der Waals surface area contributed by atoms with Crippen LogP contribution in [0.4, 0.5) is 10.5 Å². The minimum Gasteiger partial charge on any atom is -0.447 e. The number of likely N-dealkylation sites (tertiary alicyclic amines) is 1. The smallest absolute Gasteiger partial charge is 0.410 e. The highest BCUT2D eigenvalue weighted by molar-refractivity contribution is 7.79. The minimum atomic E-state index is -0.208. The summed E-state index contributed by atoms with van der Waals surface area (Å²) in [5, 5.41) is 0. The molecule has 1 aliphatic rings. The highest BCUT2D eigenvalue weighted by atomic mass is 32.1. The number of nitrogens with two attached hydrogens (primary N) is 1. The van der Waals surface area contributed by atoms with Gasteiger partial charge in [0.2, 0.25) is 0 Å². The van der Waals surface area contributed by atoms with Gasteiger partial charge in [-0.05, 0) is 52.1 Å². The Balaban J connectivity index is 0.00000155. The second-order valence-electron chi connectivity index (χ2n) is 7.58. The molecule has 0 atom stereocenters. The first-order chi connectivity index (χ1) is 14.4. The third-order valence-electron chi connectivity index (χ3n) is 5.01. The van der Waals surface area contributed by atoms with Gasteiger partial charge in [0.25, 0.3) is 0 Å². The van der Waals surface area contributed by atoms with Crippen LogP contribution in [0.2, 0.25) is 0 Å². The lowest BCUT2D eigenvalue weighted by molar-refractivity contribution is 0.0575. The Labute approximate surface area is 185 Å². The molecule has 1 aromatic carbocycles. The number of nitrogens with zero attached hydrogens (tertiary/aromatic N) is 4. The van der Waals surface area contributed by atoms with Gasteiger partial charge in [-0.3, -0.25) is 14.9 Å². The zero-order valence-corrected chi connectivity index (χ0v) is 19.2. The van der Waals surface area contributed by atoms with E-state index in [4.69, 9.17) is 10.5 Å². The van der Waals surface area contributed by atoms with Crippen molar-refractivity contribution in [2.45, 2.75) is 45.4 Å². The quantitative estimate of drug-likeness (QED) is 0.555. The average Bonchev–Trinajstić information content (AvgIpc) is 2.76. The molecular weight excluding hydrogens is 398 g/mol. The van der Waals surface area contributed by atoms with Crippen LogP contribution in [0.15, 0.2) is 36.7 Å². The predicted molar refractivity (Wildman–Crippen MR) is 124 cm³/mol. The molecule has 2 aromatic rings. The number of ether oxygens (including phenoxy) is 1.